The second-order valence-corrected chi connectivity index (χ2v) is 8.47. The van der Waals surface area contributed by atoms with Crippen LogP contribution in [-0.4, -0.2) is 43.5 Å². The Labute approximate surface area is 213 Å². The summed E-state index contributed by atoms with van der Waals surface area (Å²) in [6.45, 7) is 3.55. The van der Waals surface area contributed by atoms with Crippen molar-refractivity contribution in [3.63, 3.8) is 0 Å². The van der Waals surface area contributed by atoms with E-state index in [4.69, 9.17) is 0 Å². The van der Waals surface area contributed by atoms with Crippen molar-refractivity contribution in [3.8, 4) is 0 Å². The molecule has 0 bridgehead atoms. The fourth-order valence-electron chi connectivity index (χ4n) is 3.92. The predicted molar refractivity (Wildman–Crippen MR) is 139 cm³/mol. The molecular formula is C27H33Cl2F3N2. The van der Waals surface area contributed by atoms with E-state index in [1.807, 2.05) is 36.4 Å². The van der Waals surface area contributed by atoms with Crippen LogP contribution < -0.4 is 0 Å². The first-order valence-electron chi connectivity index (χ1n) is 11.0. The molecule has 0 radical (unpaired) electrons. The molecule has 0 N–H and O–H groups in total. The number of nitrogens with zero attached hydrogens (tertiary/aromatic N) is 2. The molecule has 0 saturated heterocycles. The van der Waals surface area contributed by atoms with Gasteiger partial charge >= 0.3 is 0 Å². The molecule has 0 aliphatic carbocycles. The Morgan fingerprint density at radius 2 is 1.00 bits per heavy atom. The summed E-state index contributed by atoms with van der Waals surface area (Å²) in [5.41, 5.74) is 3.18. The maximum Gasteiger partial charge on any atom is 0.123 e. The summed E-state index contributed by atoms with van der Waals surface area (Å²) in [6, 6.07) is 19.8. The molecule has 0 atom stereocenters. The average molecular weight is 513 g/mol. The van der Waals surface area contributed by atoms with Gasteiger partial charge in [-0.2, -0.15) is 0 Å². The van der Waals surface area contributed by atoms with Crippen LogP contribution >= 0.6 is 24.8 Å². The van der Waals surface area contributed by atoms with Crippen LogP contribution in [0.15, 0.2) is 72.8 Å². The smallest absolute Gasteiger partial charge is 0.123 e. The van der Waals surface area contributed by atoms with Crippen molar-refractivity contribution in [1.29, 1.82) is 0 Å². The summed E-state index contributed by atoms with van der Waals surface area (Å²) >= 11 is 0. The van der Waals surface area contributed by atoms with E-state index < -0.39 is 0 Å². The van der Waals surface area contributed by atoms with E-state index in [0.29, 0.717) is 0 Å². The summed E-state index contributed by atoms with van der Waals surface area (Å²) in [5.74, 6) is -0.617. The van der Waals surface area contributed by atoms with Gasteiger partial charge in [-0.25, -0.2) is 13.2 Å². The largest absolute Gasteiger partial charge is 0.305 e. The first-order chi connectivity index (χ1) is 15.4. The van der Waals surface area contributed by atoms with Gasteiger partial charge < -0.3 is 9.80 Å². The molecule has 0 spiro atoms. The SMILES string of the molecule is CN(CCCC(c1ccc(F)cc1)c1ccc(F)cc1)CCN(C)Cc1ccc(F)cc1.Cl.Cl. The van der Waals surface area contributed by atoms with Gasteiger partial charge in [0.25, 0.3) is 0 Å². The minimum atomic E-state index is -0.254. The molecule has 186 valence electrons. The lowest BCUT2D eigenvalue weighted by molar-refractivity contribution is 0.248. The lowest BCUT2D eigenvalue weighted by atomic mass is 9.87. The monoisotopic (exact) mass is 512 g/mol. The molecule has 3 aromatic rings. The Morgan fingerprint density at radius 1 is 0.588 bits per heavy atom. The topological polar surface area (TPSA) is 6.48 Å². The lowest BCUT2D eigenvalue weighted by Gasteiger charge is -2.23. The molecule has 3 rings (SSSR count). The van der Waals surface area contributed by atoms with Crippen molar-refractivity contribution >= 4 is 24.8 Å². The first-order valence-corrected chi connectivity index (χ1v) is 11.0. The molecule has 0 aromatic heterocycles. The Kier molecular flexibility index (Phi) is 13.3. The van der Waals surface area contributed by atoms with E-state index in [1.54, 1.807) is 0 Å². The highest BCUT2D eigenvalue weighted by molar-refractivity contribution is 5.85. The highest BCUT2D eigenvalue weighted by Crippen LogP contribution is 2.29. The van der Waals surface area contributed by atoms with Crippen LogP contribution in [0.2, 0.25) is 0 Å². The van der Waals surface area contributed by atoms with Gasteiger partial charge in [-0.3, -0.25) is 0 Å². The molecule has 3 aromatic carbocycles. The van der Waals surface area contributed by atoms with Crippen LogP contribution in [0.4, 0.5) is 13.2 Å². The lowest BCUT2D eigenvalue weighted by Crippen LogP contribution is -2.31. The Balaban J connectivity index is 0.00000289. The van der Waals surface area contributed by atoms with Crippen LogP contribution in [0.5, 0.6) is 0 Å². The van der Waals surface area contributed by atoms with Crippen molar-refractivity contribution in [3.05, 3.63) is 107 Å². The van der Waals surface area contributed by atoms with Crippen LogP contribution in [-0.2, 0) is 6.54 Å². The zero-order chi connectivity index (χ0) is 22.9. The molecule has 34 heavy (non-hydrogen) atoms. The molecule has 0 amide bonds. The van der Waals surface area contributed by atoms with E-state index in [1.165, 1.54) is 36.4 Å². The summed E-state index contributed by atoms with van der Waals surface area (Å²) in [6.07, 6.45) is 1.87. The maximum atomic E-state index is 13.4. The Hall–Kier alpha value is -2.05. The highest BCUT2D eigenvalue weighted by atomic mass is 35.5. The molecule has 7 heteroatoms. The summed E-state index contributed by atoms with van der Waals surface area (Å²) in [4.78, 5) is 4.52. The molecule has 0 aliphatic heterocycles. The molecule has 0 fully saturated rings. The molecule has 0 aliphatic rings. The van der Waals surface area contributed by atoms with Crippen LogP contribution in [0.25, 0.3) is 0 Å². The third-order valence-corrected chi connectivity index (χ3v) is 5.81. The zero-order valence-electron chi connectivity index (χ0n) is 19.6. The van der Waals surface area contributed by atoms with Crippen molar-refractivity contribution in [2.24, 2.45) is 0 Å². The fourth-order valence-corrected chi connectivity index (χ4v) is 3.92. The number of benzene rings is 3. The zero-order valence-corrected chi connectivity index (χ0v) is 21.2. The molecule has 0 saturated carbocycles. The minimum Gasteiger partial charge on any atom is -0.305 e. The highest BCUT2D eigenvalue weighted by Gasteiger charge is 2.15. The predicted octanol–water partition coefficient (Wildman–Crippen LogP) is 6.92. The standard InChI is InChI=1S/C27H31F3N2.2ClH/c1-31(18-19-32(2)20-21-5-11-24(28)12-6-21)17-3-4-27(22-7-13-25(29)14-8-22)23-9-15-26(30)16-10-23;;/h5-16,27H,3-4,17-20H2,1-2H3;2*1H. The quantitative estimate of drug-likeness (QED) is 0.275. The van der Waals surface area contributed by atoms with E-state index >= 15 is 0 Å². The van der Waals surface area contributed by atoms with Gasteiger partial charge in [-0.15, -0.1) is 24.8 Å². The van der Waals surface area contributed by atoms with E-state index in [0.717, 1.165) is 55.7 Å². The van der Waals surface area contributed by atoms with Gasteiger partial charge in [-0.05, 0) is 86.6 Å². The first kappa shape index (κ1) is 30.0. The van der Waals surface area contributed by atoms with E-state index in [2.05, 4.69) is 23.9 Å². The van der Waals surface area contributed by atoms with Crippen molar-refractivity contribution in [2.45, 2.75) is 25.3 Å². The third-order valence-electron chi connectivity index (χ3n) is 5.81. The van der Waals surface area contributed by atoms with Crippen molar-refractivity contribution in [1.82, 2.24) is 9.80 Å². The van der Waals surface area contributed by atoms with Gasteiger partial charge in [0.1, 0.15) is 17.5 Å². The van der Waals surface area contributed by atoms with Gasteiger partial charge in [-0.1, -0.05) is 36.4 Å². The van der Waals surface area contributed by atoms with Gasteiger partial charge in [0, 0.05) is 25.6 Å². The molecule has 2 nitrogen and oxygen atoms in total. The number of likely N-dealkylation sites (N-methyl/N-ethyl adjacent to an activating group) is 2. The third kappa shape index (κ3) is 9.67. The Morgan fingerprint density at radius 3 is 1.47 bits per heavy atom. The van der Waals surface area contributed by atoms with Gasteiger partial charge in [0.15, 0.2) is 0 Å². The summed E-state index contributed by atoms with van der Waals surface area (Å²) < 4.78 is 39.8. The van der Waals surface area contributed by atoms with Crippen LogP contribution in [0.1, 0.15) is 35.4 Å². The van der Waals surface area contributed by atoms with Crippen molar-refractivity contribution < 1.29 is 13.2 Å². The maximum absolute atomic E-state index is 13.4. The second kappa shape index (κ2) is 15.0. The van der Waals surface area contributed by atoms with E-state index in [-0.39, 0.29) is 48.2 Å². The molecule has 0 heterocycles. The molecule has 0 unspecified atom stereocenters. The number of halogens is 5. The van der Waals surface area contributed by atoms with Gasteiger partial charge in [0.05, 0.1) is 0 Å². The van der Waals surface area contributed by atoms with Gasteiger partial charge in [0.2, 0.25) is 0 Å². The normalized spacial score (nSPS) is 10.9. The van der Waals surface area contributed by atoms with Crippen molar-refractivity contribution in [2.75, 3.05) is 33.7 Å². The van der Waals surface area contributed by atoms with E-state index in [9.17, 15) is 13.2 Å². The summed E-state index contributed by atoms with van der Waals surface area (Å²) in [7, 11) is 4.17. The fraction of sp³-hybridized carbons (Fsp3) is 0.333. The molecular weight excluding hydrogens is 480 g/mol. The van der Waals surface area contributed by atoms with Crippen LogP contribution in [0.3, 0.4) is 0 Å². The Bertz CT molecular complexity index is 906. The average Bonchev–Trinajstić information content (AvgIpc) is 2.78. The minimum absolute atomic E-state index is 0. The summed E-state index contributed by atoms with van der Waals surface area (Å²) in [5, 5.41) is 0. The number of rotatable bonds is 11. The number of hydrogen-bond acceptors (Lipinski definition) is 2. The number of hydrogen-bond donors (Lipinski definition) is 0. The van der Waals surface area contributed by atoms with Crippen LogP contribution in [0, 0.1) is 17.5 Å². The second-order valence-electron chi connectivity index (χ2n) is 8.47.